The molecule has 14 heavy (non-hydrogen) atoms. The summed E-state index contributed by atoms with van der Waals surface area (Å²) in [6.07, 6.45) is 2.47. The largest absolute Gasteiger partial charge is 0.310 e. The summed E-state index contributed by atoms with van der Waals surface area (Å²) in [6, 6.07) is 6.71. The van der Waals surface area contributed by atoms with E-state index in [0.717, 1.165) is 11.6 Å². The molecule has 0 aromatic heterocycles. The number of nitrogens with one attached hydrogen (secondary N) is 1. The third-order valence-electron chi connectivity index (χ3n) is 2.59. The highest BCUT2D eigenvalue weighted by molar-refractivity contribution is 6.31. The molecule has 1 heterocycles. The quantitative estimate of drug-likeness (QED) is 0.781. The topological polar surface area (TPSA) is 12.0 Å². The predicted octanol–water partition coefficient (Wildman–Crippen LogP) is 3.49. The zero-order valence-electron chi connectivity index (χ0n) is 8.22. The maximum atomic E-state index is 6.14. The molecule has 0 spiro atoms. The molecule has 0 saturated carbocycles. The van der Waals surface area contributed by atoms with E-state index in [4.69, 9.17) is 11.6 Å². The van der Waals surface area contributed by atoms with Crippen molar-refractivity contribution in [2.24, 2.45) is 0 Å². The minimum absolute atomic E-state index is 0. The van der Waals surface area contributed by atoms with Gasteiger partial charge >= 0.3 is 0 Å². The first-order valence-corrected chi connectivity index (χ1v) is 5.14. The Balaban J connectivity index is 0.000000980. The van der Waals surface area contributed by atoms with Gasteiger partial charge in [0.1, 0.15) is 0 Å². The Morgan fingerprint density at radius 2 is 2.21 bits per heavy atom. The van der Waals surface area contributed by atoms with Crippen LogP contribution in [0.5, 0.6) is 0 Å². The summed E-state index contributed by atoms with van der Waals surface area (Å²) in [7, 11) is 0. The lowest BCUT2D eigenvalue weighted by Crippen LogP contribution is -2.13. The summed E-state index contributed by atoms with van der Waals surface area (Å²) in [5.74, 6) is 0. The van der Waals surface area contributed by atoms with Gasteiger partial charge in [0, 0.05) is 11.1 Å². The molecule has 0 radical (unpaired) electrons. The summed E-state index contributed by atoms with van der Waals surface area (Å²) in [4.78, 5) is 0. The van der Waals surface area contributed by atoms with Gasteiger partial charge < -0.3 is 5.32 Å². The van der Waals surface area contributed by atoms with Crippen LogP contribution in [0.2, 0.25) is 5.02 Å². The van der Waals surface area contributed by atoms with Gasteiger partial charge in [0.2, 0.25) is 0 Å². The fourth-order valence-corrected chi connectivity index (χ4v) is 2.13. The summed E-state index contributed by atoms with van der Waals surface area (Å²) in [6.45, 7) is 3.23. The Morgan fingerprint density at radius 1 is 1.43 bits per heavy atom. The highest BCUT2D eigenvalue weighted by atomic mass is 35.5. The Labute approximate surface area is 96.3 Å². The van der Waals surface area contributed by atoms with Crippen LogP contribution in [0.15, 0.2) is 18.2 Å². The molecule has 1 nitrogen and oxygen atoms in total. The number of hydrogen-bond acceptors (Lipinski definition) is 1. The lowest BCUT2D eigenvalue weighted by molar-refractivity contribution is 0.647. The summed E-state index contributed by atoms with van der Waals surface area (Å²) >= 11 is 6.14. The lowest BCUT2D eigenvalue weighted by atomic mass is 10.0. The van der Waals surface area contributed by atoms with Crippen LogP contribution in [0.1, 0.15) is 30.0 Å². The highest BCUT2D eigenvalue weighted by Crippen LogP contribution is 2.29. The van der Waals surface area contributed by atoms with Crippen LogP contribution in [0.25, 0.3) is 0 Å². The average Bonchev–Trinajstić information content (AvgIpc) is 2.61. The lowest BCUT2D eigenvalue weighted by Gasteiger charge is -2.13. The van der Waals surface area contributed by atoms with Gasteiger partial charge in [-0.2, -0.15) is 0 Å². The smallest absolute Gasteiger partial charge is 0.0453 e. The van der Waals surface area contributed by atoms with Gasteiger partial charge in [0.15, 0.2) is 0 Å². The van der Waals surface area contributed by atoms with E-state index in [2.05, 4.69) is 24.4 Å². The van der Waals surface area contributed by atoms with Crippen LogP contribution in [-0.2, 0) is 0 Å². The maximum absolute atomic E-state index is 6.14. The van der Waals surface area contributed by atoms with Crippen molar-refractivity contribution < 1.29 is 0 Å². The van der Waals surface area contributed by atoms with Crippen molar-refractivity contribution in [3.05, 3.63) is 34.3 Å². The zero-order valence-corrected chi connectivity index (χ0v) is 9.79. The Bertz CT molecular complexity index is 306. The molecule has 1 aliphatic rings. The minimum Gasteiger partial charge on any atom is -0.310 e. The van der Waals surface area contributed by atoms with Crippen LogP contribution in [0, 0.1) is 6.92 Å². The monoisotopic (exact) mass is 231 g/mol. The van der Waals surface area contributed by atoms with Crippen LogP contribution in [0.4, 0.5) is 0 Å². The van der Waals surface area contributed by atoms with Crippen LogP contribution >= 0.6 is 24.0 Å². The van der Waals surface area contributed by atoms with Crippen molar-refractivity contribution in [1.29, 1.82) is 0 Å². The molecule has 3 heteroatoms. The third kappa shape index (κ3) is 2.41. The summed E-state index contributed by atoms with van der Waals surface area (Å²) in [5, 5.41) is 4.35. The molecule has 2 rings (SSSR count). The Morgan fingerprint density at radius 3 is 2.86 bits per heavy atom. The standard InChI is InChI=1S/C11H14ClN.ClH/c1-8-4-5-10(12)9(7-8)11-3-2-6-13-11;/h4-5,7,11,13H,2-3,6H2,1H3;1H. The van der Waals surface area contributed by atoms with E-state index in [0.29, 0.717) is 6.04 Å². The molecular weight excluding hydrogens is 217 g/mol. The van der Waals surface area contributed by atoms with Crippen molar-refractivity contribution in [1.82, 2.24) is 5.32 Å². The van der Waals surface area contributed by atoms with E-state index in [-0.39, 0.29) is 12.4 Å². The molecule has 1 N–H and O–H groups in total. The van der Waals surface area contributed by atoms with Crippen LogP contribution in [-0.4, -0.2) is 6.54 Å². The van der Waals surface area contributed by atoms with Crippen molar-refractivity contribution in [3.63, 3.8) is 0 Å². The number of hydrogen-bond donors (Lipinski definition) is 1. The average molecular weight is 232 g/mol. The fraction of sp³-hybridized carbons (Fsp3) is 0.455. The highest BCUT2D eigenvalue weighted by Gasteiger charge is 2.18. The first-order chi connectivity index (χ1) is 6.27. The van der Waals surface area contributed by atoms with E-state index < -0.39 is 0 Å². The van der Waals surface area contributed by atoms with Gasteiger partial charge in [-0.1, -0.05) is 29.3 Å². The van der Waals surface area contributed by atoms with Gasteiger partial charge in [-0.25, -0.2) is 0 Å². The van der Waals surface area contributed by atoms with Crippen LogP contribution < -0.4 is 5.32 Å². The molecule has 78 valence electrons. The van der Waals surface area contributed by atoms with Crippen molar-refractivity contribution in [3.8, 4) is 0 Å². The predicted molar refractivity (Wildman–Crippen MR) is 63.4 cm³/mol. The Hall–Kier alpha value is -0.240. The number of rotatable bonds is 1. The number of aryl methyl sites for hydroxylation is 1. The van der Waals surface area contributed by atoms with Crippen molar-refractivity contribution in [2.75, 3.05) is 6.54 Å². The molecule has 1 aromatic rings. The SMILES string of the molecule is Cc1ccc(Cl)c(C2CCCN2)c1.Cl. The molecule has 1 atom stereocenters. The van der Waals surface area contributed by atoms with Gasteiger partial charge in [-0.15, -0.1) is 12.4 Å². The van der Waals surface area contributed by atoms with E-state index in [9.17, 15) is 0 Å². The molecular formula is C11H15Cl2N. The van der Waals surface area contributed by atoms with E-state index >= 15 is 0 Å². The minimum atomic E-state index is 0. The molecule has 0 aliphatic carbocycles. The van der Waals surface area contributed by atoms with Gasteiger partial charge in [-0.05, 0) is 37.9 Å². The number of benzene rings is 1. The van der Waals surface area contributed by atoms with Gasteiger partial charge in [0.25, 0.3) is 0 Å². The second kappa shape index (κ2) is 5.01. The zero-order chi connectivity index (χ0) is 9.26. The molecule has 1 fully saturated rings. The molecule has 1 aromatic carbocycles. The maximum Gasteiger partial charge on any atom is 0.0453 e. The second-order valence-corrected chi connectivity index (χ2v) is 4.08. The van der Waals surface area contributed by atoms with Gasteiger partial charge in [-0.3, -0.25) is 0 Å². The molecule has 1 aliphatic heterocycles. The Kier molecular flexibility index (Phi) is 4.24. The molecule has 0 bridgehead atoms. The summed E-state index contributed by atoms with van der Waals surface area (Å²) in [5.41, 5.74) is 2.55. The first kappa shape index (κ1) is 11.8. The van der Waals surface area contributed by atoms with Gasteiger partial charge in [0.05, 0.1) is 0 Å². The first-order valence-electron chi connectivity index (χ1n) is 4.77. The molecule has 1 unspecified atom stereocenters. The van der Waals surface area contributed by atoms with E-state index in [1.165, 1.54) is 24.0 Å². The normalized spacial score (nSPS) is 20.6. The summed E-state index contributed by atoms with van der Waals surface area (Å²) < 4.78 is 0. The molecule has 0 amide bonds. The third-order valence-corrected chi connectivity index (χ3v) is 2.93. The number of halogens is 2. The van der Waals surface area contributed by atoms with Crippen molar-refractivity contribution >= 4 is 24.0 Å². The molecule has 1 saturated heterocycles. The second-order valence-electron chi connectivity index (χ2n) is 3.67. The van der Waals surface area contributed by atoms with Crippen LogP contribution in [0.3, 0.4) is 0 Å². The van der Waals surface area contributed by atoms with Crippen molar-refractivity contribution in [2.45, 2.75) is 25.8 Å². The van der Waals surface area contributed by atoms with E-state index in [1.54, 1.807) is 0 Å². The van der Waals surface area contributed by atoms with E-state index in [1.807, 2.05) is 6.07 Å². The fourth-order valence-electron chi connectivity index (χ4n) is 1.88.